The van der Waals surface area contributed by atoms with Gasteiger partial charge in [-0.05, 0) is 68.3 Å². The van der Waals surface area contributed by atoms with Crippen molar-refractivity contribution in [3.05, 3.63) is 29.3 Å². The lowest BCUT2D eigenvalue weighted by molar-refractivity contribution is 0.354. The van der Waals surface area contributed by atoms with Crippen molar-refractivity contribution in [2.75, 3.05) is 31.6 Å². The lowest BCUT2D eigenvalue weighted by atomic mass is 9.91. The van der Waals surface area contributed by atoms with E-state index in [-0.39, 0.29) is 0 Å². The van der Waals surface area contributed by atoms with E-state index >= 15 is 0 Å². The zero-order chi connectivity index (χ0) is 12.4. The molecule has 1 saturated heterocycles. The van der Waals surface area contributed by atoms with Gasteiger partial charge in [0, 0.05) is 19.3 Å². The van der Waals surface area contributed by atoms with Crippen LogP contribution in [0, 0.1) is 5.92 Å². The van der Waals surface area contributed by atoms with Crippen LogP contribution in [-0.2, 0) is 12.8 Å². The second-order valence-electron chi connectivity index (χ2n) is 5.87. The van der Waals surface area contributed by atoms with Crippen LogP contribution < -0.4 is 10.2 Å². The third-order valence-electron chi connectivity index (χ3n) is 4.57. The van der Waals surface area contributed by atoms with Crippen molar-refractivity contribution in [3.63, 3.8) is 0 Å². The Morgan fingerprint density at radius 3 is 2.94 bits per heavy atom. The van der Waals surface area contributed by atoms with Crippen LogP contribution in [0.25, 0.3) is 0 Å². The number of benzene rings is 1. The summed E-state index contributed by atoms with van der Waals surface area (Å²) in [4.78, 5) is 2.37. The van der Waals surface area contributed by atoms with Gasteiger partial charge >= 0.3 is 0 Å². The number of fused-ring (bicyclic) bond motifs is 1. The topological polar surface area (TPSA) is 15.3 Å². The molecule has 0 radical (unpaired) electrons. The van der Waals surface area contributed by atoms with E-state index in [1.807, 2.05) is 0 Å². The zero-order valence-electron chi connectivity index (χ0n) is 11.4. The van der Waals surface area contributed by atoms with E-state index in [0.717, 1.165) is 5.92 Å². The molecule has 0 saturated carbocycles. The minimum atomic E-state index is 0.946. The molecule has 0 unspecified atom stereocenters. The molecule has 1 aromatic rings. The van der Waals surface area contributed by atoms with E-state index in [1.54, 1.807) is 11.1 Å². The fraction of sp³-hybridized carbons (Fsp3) is 0.625. The number of hydrogen-bond acceptors (Lipinski definition) is 2. The molecule has 0 amide bonds. The molecule has 1 N–H and O–H groups in total. The van der Waals surface area contributed by atoms with Crippen LogP contribution in [0.3, 0.4) is 0 Å². The first-order chi connectivity index (χ1) is 8.83. The van der Waals surface area contributed by atoms with Crippen LogP contribution in [0.1, 0.15) is 30.4 Å². The number of rotatable bonds is 3. The summed E-state index contributed by atoms with van der Waals surface area (Å²) in [6.07, 6.45) is 6.60. The van der Waals surface area contributed by atoms with E-state index in [4.69, 9.17) is 0 Å². The summed E-state index contributed by atoms with van der Waals surface area (Å²) in [5, 5.41) is 3.45. The van der Waals surface area contributed by atoms with Crippen LogP contribution in [0.4, 0.5) is 5.69 Å². The number of nitrogens with zero attached hydrogens (tertiary/aromatic N) is 1. The molecule has 18 heavy (non-hydrogen) atoms. The highest BCUT2D eigenvalue weighted by atomic mass is 15.1. The van der Waals surface area contributed by atoms with Crippen molar-refractivity contribution in [1.82, 2.24) is 5.32 Å². The zero-order valence-corrected chi connectivity index (χ0v) is 11.4. The molecule has 2 heteroatoms. The molecule has 2 aliphatic heterocycles. The average Bonchev–Trinajstić information content (AvgIpc) is 2.79. The highest BCUT2D eigenvalue weighted by Crippen LogP contribution is 2.28. The van der Waals surface area contributed by atoms with E-state index in [9.17, 15) is 0 Å². The minimum Gasteiger partial charge on any atom is -0.374 e. The molecule has 0 spiro atoms. The van der Waals surface area contributed by atoms with Gasteiger partial charge in [0.05, 0.1) is 0 Å². The Hall–Kier alpha value is -1.02. The number of likely N-dealkylation sites (N-methyl/N-ethyl adjacent to an activating group) is 1. The van der Waals surface area contributed by atoms with Gasteiger partial charge in [0.2, 0.25) is 0 Å². The SMILES string of the molecule is CN1CCc2cc(CCC3CCNCC3)ccc21. The third-order valence-corrected chi connectivity index (χ3v) is 4.57. The molecule has 3 rings (SSSR count). The second-order valence-corrected chi connectivity index (χ2v) is 5.87. The Bertz CT molecular complexity index is 408. The molecule has 2 heterocycles. The van der Waals surface area contributed by atoms with Crippen LogP contribution >= 0.6 is 0 Å². The summed E-state index contributed by atoms with van der Waals surface area (Å²) in [7, 11) is 2.19. The molecular weight excluding hydrogens is 220 g/mol. The second kappa shape index (κ2) is 5.31. The third kappa shape index (κ3) is 2.54. The number of anilines is 1. The lowest BCUT2D eigenvalue weighted by Gasteiger charge is -2.22. The molecule has 1 aromatic carbocycles. The molecule has 2 nitrogen and oxygen atoms in total. The number of hydrogen-bond donors (Lipinski definition) is 1. The van der Waals surface area contributed by atoms with Crippen molar-refractivity contribution < 1.29 is 0 Å². The van der Waals surface area contributed by atoms with Gasteiger partial charge in [-0.3, -0.25) is 0 Å². The van der Waals surface area contributed by atoms with Gasteiger partial charge in [0.25, 0.3) is 0 Å². The van der Waals surface area contributed by atoms with Gasteiger partial charge < -0.3 is 10.2 Å². The predicted molar refractivity (Wildman–Crippen MR) is 77.3 cm³/mol. The Morgan fingerprint density at radius 1 is 1.28 bits per heavy atom. The highest BCUT2D eigenvalue weighted by Gasteiger charge is 2.16. The van der Waals surface area contributed by atoms with Gasteiger partial charge in [0.15, 0.2) is 0 Å². The fourth-order valence-electron chi connectivity index (χ4n) is 3.32. The Balaban J connectivity index is 1.60. The normalized spacial score (nSPS) is 20.2. The Morgan fingerprint density at radius 2 is 2.11 bits per heavy atom. The molecule has 1 fully saturated rings. The molecule has 0 aliphatic carbocycles. The van der Waals surface area contributed by atoms with Crippen molar-refractivity contribution >= 4 is 5.69 Å². The summed E-state index contributed by atoms with van der Waals surface area (Å²) in [5.41, 5.74) is 4.54. The van der Waals surface area contributed by atoms with E-state index < -0.39 is 0 Å². The van der Waals surface area contributed by atoms with Crippen LogP contribution in [-0.4, -0.2) is 26.7 Å². The number of nitrogens with one attached hydrogen (secondary N) is 1. The molecular formula is C16H24N2. The highest BCUT2D eigenvalue weighted by molar-refractivity contribution is 5.58. The molecule has 2 aliphatic rings. The van der Waals surface area contributed by atoms with Gasteiger partial charge in [-0.1, -0.05) is 12.1 Å². The minimum absolute atomic E-state index is 0.946. The summed E-state index contributed by atoms with van der Waals surface area (Å²) in [6.45, 7) is 3.63. The standard InChI is InChI=1S/C16H24N2/c1-18-11-8-15-12-14(4-5-16(15)18)3-2-13-6-9-17-10-7-13/h4-5,12-13,17H,2-3,6-11H2,1H3. The Kier molecular flexibility index (Phi) is 3.55. The first-order valence-corrected chi connectivity index (χ1v) is 7.36. The molecule has 0 atom stereocenters. The summed E-state index contributed by atoms with van der Waals surface area (Å²) in [6, 6.07) is 7.10. The fourth-order valence-corrected chi connectivity index (χ4v) is 3.32. The van der Waals surface area contributed by atoms with Gasteiger partial charge in [-0.2, -0.15) is 0 Å². The maximum Gasteiger partial charge on any atom is 0.0397 e. The number of piperidine rings is 1. The first-order valence-electron chi connectivity index (χ1n) is 7.36. The predicted octanol–water partition coefficient (Wildman–Crippen LogP) is 2.61. The largest absolute Gasteiger partial charge is 0.374 e. The first kappa shape index (κ1) is 12.0. The smallest absolute Gasteiger partial charge is 0.0397 e. The Labute approximate surface area is 110 Å². The molecule has 0 bridgehead atoms. The van der Waals surface area contributed by atoms with Gasteiger partial charge in [-0.25, -0.2) is 0 Å². The molecule has 98 valence electrons. The maximum atomic E-state index is 3.45. The monoisotopic (exact) mass is 244 g/mol. The lowest BCUT2D eigenvalue weighted by Crippen LogP contribution is -2.27. The van der Waals surface area contributed by atoms with Gasteiger partial charge in [-0.15, -0.1) is 0 Å². The van der Waals surface area contributed by atoms with Crippen molar-refractivity contribution in [1.29, 1.82) is 0 Å². The van der Waals surface area contributed by atoms with Gasteiger partial charge in [0.1, 0.15) is 0 Å². The quantitative estimate of drug-likeness (QED) is 0.879. The number of aryl methyl sites for hydroxylation is 1. The van der Waals surface area contributed by atoms with Crippen LogP contribution in [0.5, 0.6) is 0 Å². The van der Waals surface area contributed by atoms with Crippen molar-refractivity contribution in [3.8, 4) is 0 Å². The summed E-state index contributed by atoms with van der Waals surface area (Å²) < 4.78 is 0. The van der Waals surface area contributed by atoms with Crippen molar-refractivity contribution in [2.24, 2.45) is 5.92 Å². The summed E-state index contributed by atoms with van der Waals surface area (Å²) in [5.74, 6) is 0.946. The van der Waals surface area contributed by atoms with Crippen LogP contribution in [0.2, 0.25) is 0 Å². The molecule has 0 aromatic heterocycles. The van der Waals surface area contributed by atoms with E-state index in [2.05, 4.69) is 35.5 Å². The van der Waals surface area contributed by atoms with Crippen LogP contribution in [0.15, 0.2) is 18.2 Å². The van der Waals surface area contributed by atoms with E-state index in [0.29, 0.717) is 0 Å². The maximum absolute atomic E-state index is 3.45. The van der Waals surface area contributed by atoms with Crippen molar-refractivity contribution in [2.45, 2.75) is 32.1 Å². The summed E-state index contributed by atoms with van der Waals surface area (Å²) >= 11 is 0. The van der Waals surface area contributed by atoms with E-state index in [1.165, 1.54) is 57.4 Å². The average molecular weight is 244 g/mol.